The van der Waals surface area contributed by atoms with Gasteiger partial charge in [-0.05, 0) is 78.9 Å². The van der Waals surface area contributed by atoms with Gasteiger partial charge in [0.15, 0.2) is 0 Å². The van der Waals surface area contributed by atoms with Gasteiger partial charge in [0, 0.05) is 22.9 Å². The number of nitrogens with zero attached hydrogens (tertiary/aromatic N) is 2. The molecule has 2 aliphatic rings. The molecule has 1 aromatic heterocycles. The van der Waals surface area contributed by atoms with E-state index >= 15 is 0 Å². The average Bonchev–Trinajstić information content (AvgIpc) is 2.40. The molecule has 1 spiro atoms. The normalized spacial score (nSPS) is 23.3. The van der Waals surface area contributed by atoms with Gasteiger partial charge in [-0.1, -0.05) is 0 Å². The van der Waals surface area contributed by atoms with Crippen LogP contribution in [0, 0.1) is 8.99 Å². The molecule has 0 bridgehead atoms. The van der Waals surface area contributed by atoms with E-state index in [1.165, 1.54) is 55.4 Å². The zero-order chi connectivity index (χ0) is 12.4. The smallest absolute Gasteiger partial charge is 0.129 e. The minimum Gasteiger partial charge on any atom is -0.357 e. The van der Waals surface area contributed by atoms with Crippen LogP contribution < -0.4 is 10.2 Å². The first kappa shape index (κ1) is 12.7. The number of aromatic nitrogens is 1. The fourth-order valence-electron chi connectivity index (χ4n) is 3.23. The summed E-state index contributed by atoms with van der Waals surface area (Å²) < 4.78 is 1.28. The lowest BCUT2D eigenvalue weighted by Crippen LogP contribution is -2.45. The molecule has 2 fully saturated rings. The van der Waals surface area contributed by atoms with Crippen LogP contribution in [0.25, 0.3) is 0 Å². The molecular formula is C14H20IN3. The fraction of sp³-hybridized carbons (Fsp3) is 0.643. The number of rotatable bonds is 1. The van der Waals surface area contributed by atoms with Crippen molar-refractivity contribution in [3.8, 4) is 0 Å². The van der Waals surface area contributed by atoms with E-state index in [0.717, 1.165) is 5.82 Å². The first-order chi connectivity index (χ1) is 8.77. The van der Waals surface area contributed by atoms with Crippen LogP contribution in [0.2, 0.25) is 0 Å². The summed E-state index contributed by atoms with van der Waals surface area (Å²) in [7, 11) is 0. The number of hydrogen-bond donors (Lipinski definition) is 1. The summed E-state index contributed by atoms with van der Waals surface area (Å²) in [5.41, 5.74) is 0.629. The van der Waals surface area contributed by atoms with Gasteiger partial charge in [0.25, 0.3) is 0 Å². The fourth-order valence-corrected chi connectivity index (χ4v) is 3.67. The molecule has 0 atom stereocenters. The highest BCUT2D eigenvalue weighted by atomic mass is 127. The standard InChI is InChI=1S/C14H20IN3/c15-12-1-6-17-13(11-12)18-9-4-14(5-10-18)2-7-16-8-3-14/h1,6,11,16H,2-5,7-10H2. The summed E-state index contributed by atoms with van der Waals surface area (Å²) >= 11 is 2.36. The Morgan fingerprint density at radius 2 is 1.89 bits per heavy atom. The molecule has 0 amide bonds. The Hall–Kier alpha value is -0.360. The van der Waals surface area contributed by atoms with Gasteiger partial charge in [0.05, 0.1) is 0 Å². The van der Waals surface area contributed by atoms with Crippen LogP contribution in [-0.2, 0) is 0 Å². The first-order valence-electron chi connectivity index (χ1n) is 6.85. The summed E-state index contributed by atoms with van der Waals surface area (Å²) in [5, 5.41) is 3.48. The summed E-state index contributed by atoms with van der Waals surface area (Å²) in [6.07, 6.45) is 7.32. The van der Waals surface area contributed by atoms with Gasteiger partial charge in [-0.2, -0.15) is 0 Å². The molecule has 0 radical (unpaired) electrons. The second-order valence-electron chi connectivity index (χ2n) is 5.57. The Morgan fingerprint density at radius 1 is 1.17 bits per heavy atom. The maximum Gasteiger partial charge on any atom is 0.129 e. The predicted octanol–water partition coefficient (Wildman–Crippen LogP) is 2.66. The monoisotopic (exact) mass is 357 g/mol. The topological polar surface area (TPSA) is 28.2 Å². The van der Waals surface area contributed by atoms with Gasteiger partial charge < -0.3 is 10.2 Å². The van der Waals surface area contributed by atoms with Crippen molar-refractivity contribution in [3.63, 3.8) is 0 Å². The van der Waals surface area contributed by atoms with Crippen LogP contribution in [0.15, 0.2) is 18.3 Å². The maximum absolute atomic E-state index is 4.51. The summed E-state index contributed by atoms with van der Waals surface area (Å²) in [6.45, 7) is 4.77. The highest BCUT2D eigenvalue weighted by Gasteiger charge is 2.35. The second-order valence-corrected chi connectivity index (χ2v) is 6.81. The van der Waals surface area contributed by atoms with Gasteiger partial charge in [0.2, 0.25) is 0 Å². The molecule has 2 aliphatic heterocycles. The van der Waals surface area contributed by atoms with E-state index in [1.54, 1.807) is 0 Å². The Kier molecular flexibility index (Phi) is 3.75. The molecular weight excluding hydrogens is 337 g/mol. The molecule has 4 heteroatoms. The van der Waals surface area contributed by atoms with E-state index in [9.17, 15) is 0 Å². The number of piperidine rings is 2. The van der Waals surface area contributed by atoms with E-state index in [1.807, 2.05) is 6.20 Å². The first-order valence-corrected chi connectivity index (χ1v) is 7.93. The van der Waals surface area contributed by atoms with E-state index in [-0.39, 0.29) is 0 Å². The zero-order valence-electron chi connectivity index (χ0n) is 10.7. The lowest BCUT2D eigenvalue weighted by molar-refractivity contribution is 0.154. The number of anilines is 1. The second kappa shape index (κ2) is 5.33. The Balaban J connectivity index is 1.66. The zero-order valence-corrected chi connectivity index (χ0v) is 12.8. The molecule has 3 heterocycles. The van der Waals surface area contributed by atoms with Gasteiger partial charge >= 0.3 is 0 Å². The van der Waals surface area contributed by atoms with Crippen molar-refractivity contribution >= 4 is 28.4 Å². The van der Waals surface area contributed by atoms with Gasteiger partial charge in [-0.25, -0.2) is 4.98 Å². The Bertz CT molecular complexity index is 405. The van der Waals surface area contributed by atoms with E-state index in [2.05, 4.69) is 49.9 Å². The van der Waals surface area contributed by atoms with E-state index in [0.29, 0.717) is 5.41 Å². The molecule has 0 aromatic carbocycles. The molecule has 0 aliphatic carbocycles. The maximum atomic E-state index is 4.51. The molecule has 0 unspecified atom stereocenters. The van der Waals surface area contributed by atoms with Crippen molar-refractivity contribution in [2.75, 3.05) is 31.1 Å². The molecule has 2 saturated heterocycles. The van der Waals surface area contributed by atoms with Crippen LogP contribution in [0.4, 0.5) is 5.82 Å². The summed E-state index contributed by atoms with van der Waals surface area (Å²) in [4.78, 5) is 6.96. The molecule has 18 heavy (non-hydrogen) atoms. The highest BCUT2D eigenvalue weighted by molar-refractivity contribution is 14.1. The number of halogens is 1. The Morgan fingerprint density at radius 3 is 2.56 bits per heavy atom. The van der Waals surface area contributed by atoms with Crippen molar-refractivity contribution in [2.45, 2.75) is 25.7 Å². The molecule has 3 rings (SSSR count). The lowest BCUT2D eigenvalue weighted by Gasteiger charge is -2.44. The van der Waals surface area contributed by atoms with Crippen LogP contribution in [0.5, 0.6) is 0 Å². The number of nitrogens with one attached hydrogen (secondary N) is 1. The third kappa shape index (κ3) is 2.64. The van der Waals surface area contributed by atoms with Crippen molar-refractivity contribution in [1.82, 2.24) is 10.3 Å². The van der Waals surface area contributed by atoms with Crippen molar-refractivity contribution < 1.29 is 0 Å². The largest absolute Gasteiger partial charge is 0.357 e. The Labute approximate surface area is 122 Å². The van der Waals surface area contributed by atoms with E-state index < -0.39 is 0 Å². The van der Waals surface area contributed by atoms with Crippen molar-refractivity contribution in [2.24, 2.45) is 5.41 Å². The van der Waals surface area contributed by atoms with Crippen molar-refractivity contribution in [3.05, 3.63) is 21.9 Å². The SMILES string of the molecule is Ic1ccnc(N2CCC3(CCNCC3)CC2)c1. The van der Waals surface area contributed by atoms with Crippen LogP contribution >= 0.6 is 22.6 Å². The van der Waals surface area contributed by atoms with Gasteiger partial charge in [-0.15, -0.1) is 0 Å². The molecule has 1 N–H and O–H groups in total. The van der Waals surface area contributed by atoms with Crippen LogP contribution in [-0.4, -0.2) is 31.2 Å². The third-order valence-electron chi connectivity index (χ3n) is 4.52. The van der Waals surface area contributed by atoms with Crippen molar-refractivity contribution in [1.29, 1.82) is 0 Å². The van der Waals surface area contributed by atoms with Crippen LogP contribution in [0.1, 0.15) is 25.7 Å². The quantitative estimate of drug-likeness (QED) is 0.784. The van der Waals surface area contributed by atoms with E-state index in [4.69, 9.17) is 0 Å². The minimum absolute atomic E-state index is 0.629. The minimum atomic E-state index is 0.629. The third-order valence-corrected chi connectivity index (χ3v) is 5.19. The summed E-state index contributed by atoms with van der Waals surface area (Å²) in [6, 6.07) is 4.25. The average molecular weight is 357 g/mol. The molecule has 3 nitrogen and oxygen atoms in total. The number of hydrogen-bond acceptors (Lipinski definition) is 3. The molecule has 1 aromatic rings. The lowest BCUT2D eigenvalue weighted by atomic mass is 9.71. The van der Waals surface area contributed by atoms with Gasteiger partial charge in [0.1, 0.15) is 5.82 Å². The van der Waals surface area contributed by atoms with Crippen LogP contribution in [0.3, 0.4) is 0 Å². The highest BCUT2D eigenvalue weighted by Crippen LogP contribution is 2.40. The molecule has 0 saturated carbocycles. The molecule has 98 valence electrons. The number of pyridine rings is 1. The van der Waals surface area contributed by atoms with Gasteiger partial charge in [-0.3, -0.25) is 0 Å². The summed E-state index contributed by atoms with van der Waals surface area (Å²) in [5.74, 6) is 1.16. The predicted molar refractivity (Wildman–Crippen MR) is 82.9 cm³/mol.